The Bertz CT molecular complexity index is 1510. The summed E-state index contributed by atoms with van der Waals surface area (Å²) in [6, 6.07) is 14.8. The zero-order valence-electron chi connectivity index (χ0n) is 16.8. The topological polar surface area (TPSA) is 57.5 Å². The maximum Gasteiger partial charge on any atom is 0.534 e. The minimum atomic E-state index is -5.82. The van der Waals surface area contributed by atoms with E-state index < -0.39 is 21.4 Å². The molecule has 10 heteroatoms. The van der Waals surface area contributed by atoms with E-state index in [2.05, 4.69) is 17.3 Å². The van der Waals surface area contributed by atoms with Crippen LogP contribution in [0.2, 0.25) is 0 Å². The van der Waals surface area contributed by atoms with Gasteiger partial charge in [-0.05, 0) is 29.8 Å². The lowest BCUT2D eigenvalue weighted by atomic mass is 9.99. The van der Waals surface area contributed by atoms with Crippen molar-refractivity contribution in [1.29, 1.82) is 0 Å². The third-order valence-corrected chi connectivity index (χ3v) is 6.52. The Hall–Kier alpha value is -2.99. The smallest absolute Gasteiger partial charge is 0.427 e. The predicted octanol–water partition coefficient (Wildman–Crippen LogP) is 7.03. The van der Waals surface area contributed by atoms with Gasteiger partial charge in [0.15, 0.2) is 23.0 Å². The van der Waals surface area contributed by atoms with Crippen LogP contribution in [0.15, 0.2) is 67.8 Å². The monoisotopic (exact) mass is 585 g/mol. The quantitative estimate of drug-likeness (QED) is 0.139. The average Bonchev–Trinajstić information content (AvgIpc) is 3.10. The van der Waals surface area contributed by atoms with Crippen molar-refractivity contribution in [3.8, 4) is 17.2 Å². The Balaban J connectivity index is 2.13. The molecule has 0 radical (unpaired) electrons. The molecule has 3 aromatic carbocycles. The Labute approximate surface area is 201 Å². The Morgan fingerprint density at radius 1 is 0.939 bits per heavy atom. The van der Waals surface area contributed by atoms with Crippen LogP contribution in [0.3, 0.4) is 0 Å². The third kappa shape index (κ3) is 3.86. The van der Waals surface area contributed by atoms with Gasteiger partial charge >= 0.3 is 15.6 Å². The van der Waals surface area contributed by atoms with Gasteiger partial charge in [0.1, 0.15) is 11.5 Å². The van der Waals surface area contributed by atoms with Gasteiger partial charge in [0.2, 0.25) is 0 Å². The second-order valence-corrected chi connectivity index (χ2v) is 8.89. The molecule has 0 saturated carbocycles. The fraction of sp³-hybridized carbons (Fsp3) is 0.0435. The highest BCUT2D eigenvalue weighted by molar-refractivity contribution is 14.1. The highest BCUT2D eigenvalue weighted by Crippen LogP contribution is 2.42. The lowest BCUT2D eigenvalue weighted by Gasteiger charge is -2.12. The van der Waals surface area contributed by atoms with Gasteiger partial charge < -0.3 is 11.8 Å². The molecule has 5 nitrogen and oxygen atoms in total. The fourth-order valence-electron chi connectivity index (χ4n) is 3.74. The molecule has 33 heavy (non-hydrogen) atoms. The summed E-state index contributed by atoms with van der Waals surface area (Å²) < 4.78 is 73.4. The largest absolute Gasteiger partial charge is 0.534 e. The molecule has 0 aliphatic rings. The Morgan fingerprint density at radius 3 is 2.18 bits per heavy atom. The molecule has 0 N–H and O–H groups in total. The standard InChI is InChI=1S/C23H15F3INO4S/c1-3-16-17(4-2)22-18-11-10-15(32-33(29,30)23(24,25)26)12-19(18)28(14-8-6-5-7-9-14)20(22)13-21(16)31-27/h3-13H,1-2H2. The van der Waals surface area contributed by atoms with Crippen molar-refractivity contribution in [2.75, 3.05) is 0 Å². The molecule has 0 unspecified atom stereocenters. The summed E-state index contributed by atoms with van der Waals surface area (Å²) in [7, 11) is -5.82. The molecular weight excluding hydrogens is 570 g/mol. The summed E-state index contributed by atoms with van der Waals surface area (Å²) in [4.78, 5) is 0. The molecule has 0 spiro atoms. The van der Waals surface area contributed by atoms with Crippen LogP contribution in [-0.2, 0) is 10.1 Å². The van der Waals surface area contributed by atoms with Gasteiger partial charge in [-0.25, -0.2) is 0 Å². The summed E-state index contributed by atoms with van der Waals surface area (Å²) in [6.07, 6.45) is 3.27. The highest BCUT2D eigenvalue weighted by Gasteiger charge is 2.48. The maximum atomic E-state index is 12.9. The molecule has 0 aliphatic heterocycles. The second kappa shape index (κ2) is 8.41. The van der Waals surface area contributed by atoms with Gasteiger partial charge in [-0.1, -0.05) is 43.5 Å². The second-order valence-electron chi connectivity index (χ2n) is 6.91. The number of para-hydroxylation sites is 1. The molecule has 4 aromatic rings. The Kier molecular flexibility index (Phi) is 5.91. The van der Waals surface area contributed by atoms with Crippen LogP contribution in [-0.4, -0.2) is 18.5 Å². The van der Waals surface area contributed by atoms with E-state index in [1.54, 1.807) is 45.8 Å². The number of aromatic nitrogens is 1. The number of alkyl halides is 3. The summed E-state index contributed by atoms with van der Waals surface area (Å²) in [5.41, 5.74) is -2.32. The maximum absolute atomic E-state index is 12.9. The molecule has 1 aromatic heterocycles. The molecule has 0 fully saturated rings. The van der Waals surface area contributed by atoms with E-state index in [9.17, 15) is 21.6 Å². The van der Waals surface area contributed by atoms with Crippen LogP contribution >= 0.6 is 23.0 Å². The van der Waals surface area contributed by atoms with Crippen molar-refractivity contribution in [3.05, 3.63) is 78.9 Å². The number of fused-ring (bicyclic) bond motifs is 3. The van der Waals surface area contributed by atoms with Crippen molar-refractivity contribution < 1.29 is 28.8 Å². The first-order valence-electron chi connectivity index (χ1n) is 9.37. The minimum Gasteiger partial charge on any atom is -0.427 e. The van der Waals surface area contributed by atoms with Crippen LogP contribution < -0.4 is 7.25 Å². The Morgan fingerprint density at radius 2 is 1.61 bits per heavy atom. The lowest BCUT2D eigenvalue weighted by Crippen LogP contribution is -2.28. The summed E-state index contributed by atoms with van der Waals surface area (Å²) in [5, 5.41) is 1.41. The molecule has 170 valence electrons. The van der Waals surface area contributed by atoms with E-state index >= 15 is 0 Å². The molecule has 4 rings (SSSR count). The summed E-state index contributed by atoms with van der Waals surface area (Å²) in [6.45, 7) is 7.75. The van der Waals surface area contributed by atoms with E-state index in [0.29, 0.717) is 39.0 Å². The SMILES string of the molecule is C=Cc1c(OI)cc2c(c1C=C)c1ccc(OS(=O)(=O)C(F)(F)F)cc1n2-c1ccccc1. The number of rotatable bonds is 6. The lowest BCUT2D eigenvalue weighted by molar-refractivity contribution is -0.0500. The van der Waals surface area contributed by atoms with Crippen molar-refractivity contribution in [2.45, 2.75) is 5.51 Å². The zero-order valence-corrected chi connectivity index (χ0v) is 19.7. The van der Waals surface area contributed by atoms with Crippen LogP contribution in [0, 0.1) is 0 Å². The first-order valence-corrected chi connectivity index (χ1v) is 11.7. The summed E-state index contributed by atoms with van der Waals surface area (Å²) >= 11 is 1.76. The first-order chi connectivity index (χ1) is 15.6. The molecule has 0 bridgehead atoms. The van der Waals surface area contributed by atoms with Gasteiger partial charge in [-0.3, -0.25) is 0 Å². The number of benzene rings is 3. The molecule has 1 heterocycles. The van der Waals surface area contributed by atoms with Crippen molar-refractivity contribution >= 4 is 67.1 Å². The van der Waals surface area contributed by atoms with Gasteiger partial charge in [0.05, 0.1) is 11.0 Å². The van der Waals surface area contributed by atoms with E-state index in [-0.39, 0.29) is 0 Å². The van der Waals surface area contributed by atoms with Crippen molar-refractivity contribution in [3.63, 3.8) is 0 Å². The number of hydrogen-bond donors (Lipinski definition) is 0. The normalized spacial score (nSPS) is 12.1. The number of nitrogens with zero attached hydrogens (tertiary/aromatic N) is 1. The van der Waals surface area contributed by atoms with E-state index in [4.69, 9.17) is 3.07 Å². The average molecular weight is 585 g/mol. The van der Waals surface area contributed by atoms with E-state index in [1.165, 1.54) is 18.2 Å². The van der Waals surface area contributed by atoms with Crippen molar-refractivity contribution in [2.24, 2.45) is 0 Å². The van der Waals surface area contributed by atoms with E-state index in [1.807, 2.05) is 30.3 Å². The van der Waals surface area contributed by atoms with Crippen molar-refractivity contribution in [1.82, 2.24) is 4.57 Å². The molecule has 0 atom stereocenters. The van der Waals surface area contributed by atoms with Crippen LogP contribution in [0.25, 0.3) is 39.6 Å². The third-order valence-electron chi connectivity index (χ3n) is 5.06. The van der Waals surface area contributed by atoms with Gasteiger partial charge in [0, 0.05) is 34.2 Å². The first kappa shape index (κ1) is 23.2. The predicted molar refractivity (Wildman–Crippen MR) is 131 cm³/mol. The highest BCUT2D eigenvalue weighted by atomic mass is 127. The van der Waals surface area contributed by atoms with E-state index in [0.717, 1.165) is 5.39 Å². The fourth-order valence-corrected chi connectivity index (χ4v) is 4.56. The van der Waals surface area contributed by atoms with Gasteiger partial charge in [0.25, 0.3) is 0 Å². The molecular formula is C23H15F3INO4S. The molecule has 0 saturated heterocycles. The zero-order chi connectivity index (χ0) is 24.0. The number of halogens is 4. The van der Waals surface area contributed by atoms with Crippen LogP contribution in [0.5, 0.6) is 11.5 Å². The van der Waals surface area contributed by atoms with Crippen LogP contribution in [0.1, 0.15) is 11.1 Å². The van der Waals surface area contributed by atoms with Gasteiger partial charge in [-0.2, -0.15) is 21.6 Å². The van der Waals surface area contributed by atoms with Crippen LogP contribution in [0.4, 0.5) is 13.2 Å². The molecule has 0 amide bonds. The number of hydrogen-bond acceptors (Lipinski definition) is 4. The molecule has 0 aliphatic carbocycles. The van der Waals surface area contributed by atoms with Gasteiger partial charge in [-0.15, -0.1) is 0 Å². The minimum absolute atomic E-state index is 0.440. The summed E-state index contributed by atoms with van der Waals surface area (Å²) in [5.74, 6) is 0.0541.